The molecule has 1 aromatic rings. The first-order chi connectivity index (χ1) is 7.91. The van der Waals surface area contributed by atoms with Crippen LogP contribution in [-0.2, 0) is 6.42 Å². The molecule has 0 heterocycles. The second-order valence-corrected chi connectivity index (χ2v) is 5.53. The van der Waals surface area contributed by atoms with E-state index in [0.29, 0.717) is 24.7 Å². The fourth-order valence-corrected chi connectivity index (χ4v) is 2.57. The third-order valence-corrected chi connectivity index (χ3v) is 3.78. The second-order valence-electron chi connectivity index (χ2n) is 5.53. The summed E-state index contributed by atoms with van der Waals surface area (Å²) in [6.07, 6.45) is 1.57. The molecule has 0 atom stereocenters. The minimum absolute atomic E-state index is 0.208. The Morgan fingerprint density at radius 1 is 1.35 bits per heavy atom. The van der Waals surface area contributed by atoms with Gasteiger partial charge in [0.2, 0.25) is 0 Å². The van der Waals surface area contributed by atoms with Crippen molar-refractivity contribution < 1.29 is 13.9 Å². The lowest BCUT2D eigenvalue weighted by atomic mass is 9.64. The van der Waals surface area contributed by atoms with E-state index in [1.54, 1.807) is 6.07 Å². The Bertz CT molecular complexity index is 409. The molecule has 17 heavy (non-hydrogen) atoms. The van der Waals surface area contributed by atoms with Crippen molar-refractivity contribution in [3.05, 3.63) is 35.4 Å². The smallest absolute Gasteiger partial charge is 0.162 e. The van der Waals surface area contributed by atoms with Crippen molar-refractivity contribution in [2.45, 2.75) is 38.7 Å². The molecule has 1 fully saturated rings. The van der Waals surface area contributed by atoms with Gasteiger partial charge in [-0.1, -0.05) is 26.0 Å². The molecule has 0 spiro atoms. The maximum absolute atomic E-state index is 13.5. The lowest BCUT2D eigenvalue weighted by molar-refractivity contribution is -0.0865. The molecule has 0 radical (unpaired) electrons. The summed E-state index contributed by atoms with van der Waals surface area (Å²) in [5, 5.41) is 10.2. The zero-order chi connectivity index (χ0) is 12.6. The second kappa shape index (κ2) is 4.37. The Hall–Kier alpha value is -0.960. The van der Waals surface area contributed by atoms with Crippen LogP contribution in [0.5, 0.6) is 0 Å². The molecule has 94 valence electrons. The largest absolute Gasteiger partial charge is 0.390 e. The highest BCUT2D eigenvalue weighted by atomic mass is 19.2. The number of halogens is 2. The fraction of sp³-hybridized carbons (Fsp3) is 0.571. The van der Waals surface area contributed by atoms with E-state index >= 15 is 0 Å². The number of hydrogen-bond donors (Lipinski definition) is 1. The summed E-state index contributed by atoms with van der Waals surface area (Å²) < 4.78 is 26.5. The van der Waals surface area contributed by atoms with E-state index in [9.17, 15) is 13.9 Å². The Morgan fingerprint density at radius 2 is 2.00 bits per heavy atom. The van der Waals surface area contributed by atoms with Crippen molar-refractivity contribution in [2.24, 2.45) is 11.8 Å². The van der Waals surface area contributed by atoms with E-state index in [2.05, 4.69) is 13.8 Å². The first-order valence-electron chi connectivity index (χ1n) is 6.06. The molecule has 0 aromatic heterocycles. The molecule has 1 aliphatic rings. The summed E-state index contributed by atoms with van der Waals surface area (Å²) in [6, 6.07) is 4.12. The van der Waals surface area contributed by atoms with Gasteiger partial charge in [-0.3, -0.25) is 0 Å². The van der Waals surface area contributed by atoms with Crippen LogP contribution in [0.4, 0.5) is 8.78 Å². The molecule has 1 nitrogen and oxygen atoms in total. The Kier molecular flexibility index (Phi) is 3.21. The lowest BCUT2D eigenvalue weighted by Crippen LogP contribution is -2.47. The molecular weight excluding hydrogens is 222 g/mol. The first-order valence-corrected chi connectivity index (χ1v) is 6.06. The first kappa shape index (κ1) is 12.5. The molecule has 0 saturated heterocycles. The summed E-state index contributed by atoms with van der Waals surface area (Å²) in [5.74, 6) is -0.635. The van der Waals surface area contributed by atoms with Crippen molar-refractivity contribution in [3.63, 3.8) is 0 Å². The van der Waals surface area contributed by atoms with Gasteiger partial charge in [0.15, 0.2) is 11.6 Å². The van der Waals surface area contributed by atoms with Gasteiger partial charge in [0, 0.05) is 6.42 Å². The van der Waals surface area contributed by atoms with Gasteiger partial charge in [0.25, 0.3) is 0 Å². The van der Waals surface area contributed by atoms with Crippen LogP contribution in [0.2, 0.25) is 0 Å². The summed E-state index contributed by atoms with van der Waals surface area (Å²) in [4.78, 5) is 0. The quantitative estimate of drug-likeness (QED) is 0.859. The summed E-state index contributed by atoms with van der Waals surface area (Å²) in [5.41, 5.74) is -0.571. The van der Waals surface area contributed by atoms with E-state index < -0.39 is 17.2 Å². The van der Waals surface area contributed by atoms with Crippen LogP contribution in [0, 0.1) is 23.5 Å². The third-order valence-electron chi connectivity index (χ3n) is 3.78. The Labute approximate surface area is 100 Å². The molecule has 1 saturated carbocycles. The van der Waals surface area contributed by atoms with Crippen LogP contribution in [-0.4, -0.2) is 10.7 Å². The zero-order valence-corrected chi connectivity index (χ0v) is 10.2. The maximum atomic E-state index is 13.5. The molecule has 0 unspecified atom stereocenters. The summed E-state index contributed by atoms with van der Waals surface area (Å²) in [7, 11) is 0. The van der Waals surface area contributed by atoms with Crippen molar-refractivity contribution in [3.8, 4) is 0 Å². The van der Waals surface area contributed by atoms with Crippen molar-refractivity contribution >= 4 is 0 Å². The fourth-order valence-electron chi connectivity index (χ4n) is 2.57. The highest BCUT2D eigenvalue weighted by Gasteiger charge is 2.43. The van der Waals surface area contributed by atoms with Gasteiger partial charge < -0.3 is 5.11 Å². The van der Waals surface area contributed by atoms with Crippen LogP contribution < -0.4 is 0 Å². The highest BCUT2D eigenvalue weighted by molar-refractivity contribution is 5.22. The van der Waals surface area contributed by atoms with Gasteiger partial charge in [-0.15, -0.1) is 0 Å². The van der Waals surface area contributed by atoms with Gasteiger partial charge >= 0.3 is 0 Å². The number of hydrogen-bond acceptors (Lipinski definition) is 1. The molecule has 1 aromatic carbocycles. The van der Waals surface area contributed by atoms with Gasteiger partial charge in [-0.2, -0.15) is 0 Å². The normalized spacial score (nSPS) is 28.2. The van der Waals surface area contributed by atoms with E-state index in [1.165, 1.54) is 6.07 Å². The van der Waals surface area contributed by atoms with Crippen LogP contribution in [0.25, 0.3) is 0 Å². The topological polar surface area (TPSA) is 20.2 Å². The minimum atomic E-state index is -0.844. The van der Waals surface area contributed by atoms with E-state index in [1.807, 2.05) is 0 Å². The van der Waals surface area contributed by atoms with Crippen molar-refractivity contribution in [1.82, 2.24) is 0 Å². The molecule has 2 rings (SSSR count). The van der Waals surface area contributed by atoms with Crippen molar-refractivity contribution in [2.75, 3.05) is 0 Å². The number of aliphatic hydroxyl groups is 1. The standard InChI is InChI=1S/C14H18F2O/c1-9(2)11-7-14(17,8-11)6-10-4-3-5-12(15)13(10)16/h3-5,9,11,17H,6-8H2,1-2H3. The van der Waals surface area contributed by atoms with Crippen LogP contribution >= 0.6 is 0 Å². The third kappa shape index (κ3) is 2.49. The Balaban J connectivity index is 2.05. The lowest BCUT2D eigenvalue weighted by Gasteiger charge is -2.46. The molecule has 1 N–H and O–H groups in total. The van der Waals surface area contributed by atoms with Gasteiger partial charge in [0.1, 0.15) is 0 Å². The molecule has 0 amide bonds. The van der Waals surface area contributed by atoms with Crippen LogP contribution in [0.15, 0.2) is 18.2 Å². The monoisotopic (exact) mass is 240 g/mol. The molecule has 1 aliphatic carbocycles. The van der Waals surface area contributed by atoms with Crippen molar-refractivity contribution in [1.29, 1.82) is 0 Å². The average Bonchev–Trinajstić information content (AvgIpc) is 2.21. The van der Waals surface area contributed by atoms with Gasteiger partial charge in [0.05, 0.1) is 5.60 Å². The number of rotatable bonds is 3. The predicted molar refractivity (Wildman–Crippen MR) is 62.6 cm³/mol. The highest BCUT2D eigenvalue weighted by Crippen LogP contribution is 2.44. The predicted octanol–water partition coefficient (Wildman–Crippen LogP) is 3.30. The van der Waals surface area contributed by atoms with Gasteiger partial charge in [-0.05, 0) is 36.3 Å². The molecule has 3 heteroatoms. The van der Waals surface area contributed by atoms with Gasteiger partial charge in [-0.25, -0.2) is 8.78 Å². The number of benzene rings is 1. The molecule has 0 aliphatic heterocycles. The van der Waals surface area contributed by atoms with E-state index in [0.717, 1.165) is 6.07 Å². The minimum Gasteiger partial charge on any atom is -0.390 e. The van der Waals surface area contributed by atoms with E-state index in [-0.39, 0.29) is 12.0 Å². The summed E-state index contributed by atoms with van der Waals surface area (Å²) >= 11 is 0. The van der Waals surface area contributed by atoms with Crippen LogP contribution in [0.1, 0.15) is 32.3 Å². The molecular formula is C14H18F2O. The Morgan fingerprint density at radius 3 is 2.59 bits per heavy atom. The SMILES string of the molecule is CC(C)C1CC(O)(Cc2cccc(F)c2F)C1. The summed E-state index contributed by atoms with van der Waals surface area (Å²) in [6.45, 7) is 4.24. The maximum Gasteiger partial charge on any atom is 0.162 e. The van der Waals surface area contributed by atoms with E-state index in [4.69, 9.17) is 0 Å². The molecule has 0 bridgehead atoms. The van der Waals surface area contributed by atoms with Crippen LogP contribution in [0.3, 0.4) is 0 Å². The average molecular weight is 240 g/mol. The zero-order valence-electron chi connectivity index (χ0n) is 10.2.